The van der Waals surface area contributed by atoms with Gasteiger partial charge in [0.2, 0.25) is 0 Å². The SMILES string of the molecule is COc1ccc(Cc2c(Cl)nc(SC)nc2NN)cc1. The van der Waals surface area contributed by atoms with Gasteiger partial charge in [-0.05, 0) is 24.0 Å². The van der Waals surface area contributed by atoms with Crippen LogP contribution >= 0.6 is 23.4 Å². The molecule has 106 valence electrons. The number of nitrogen functional groups attached to an aromatic ring is 1. The number of hydrogen-bond donors (Lipinski definition) is 2. The van der Waals surface area contributed by atoms with Crippen LogP contribution < -0.4 is 16.0 Å². The van der Waals surface area contributed by atoms with Gasteiger partial charge in [0, 0.05) is 12.0 Å². The van der Waals surface area contributed by atoms with Crippen molar-refractivity contribution in [3.63, 3.8) is 0 Å². The molecule has 0 aliphatic carbocycles. The molecule has 0 radical (unpaired) electrons. The number of nitrogens with two attached hydrogens (primary N) is 1. The number of nitrogens with zero attached hydrogens (tertiary/aromatic N) is 2. The lowest BCUT2D eigenvalue weighted by molar-refractivity contribution is 0.414. The average Bonchev–Trinajstić information content (AvgIpc) is 2.49. The Kier molecular flexibility index (Phi) is 5.05. The second-order valence-corrected chi connectivity index (χ2v) is 5.13. The molecule has 20 heavy (non-hydrogen) atoms. The smallest absolute Gasteiger partial charge is 0.190 e. The zero-order valence-electron chi connectivity index (χ0n) is 11.2. The highest BCUT2D eigenvalue weighted by atomic mass is 35.5. The van der Waals surface area contributed by atoms with Crippen LogP contribution in [-0.4, -0.2) is 23.3 Å². The van der Waals surface area contributed by atoms with Crippen molar-refractivity contribution in [1.82, 2.24) is 9.97 Å². The third-order valence-corrected chi connectivity index (χ3v) is 3.66. The largest absolute Gasteiger partial charge is 0.497 e. The Hall–Kier alpha value is -1.50. The number of halogens is 1. The molecule has 1 heterocycles. The highest BCUT2D eigenvalue weighted by Gasteiger charge is 2.13. The summed E-state index contributed by atoms with van der Waals surface area (Å²) in [4.78, 5) is 8.53. The molecule has 1 aromatic carbocycles. The van der Waals surface area contributed by atoms with E-state index in [0.717, 1.165) is 16.9 Å². The van der Waals surface area contributed by atoms with Crippen molar-refractivity contribution in [2.45, 2.75) is 11.6 Å². The van der Waals surface area contributed by atoms with Gasteiger partial charge in [0.1, 0.15) is 16.7 Å². The van der Waals surface area contributed by atoms with E-state index in [-0.39, 0.29) is 0 Å². The molecule has 0 spiro atoms. The minimum Gasteiger partial charge on any atom is -0.497 e. The number of anilines is 1. The summed E-state index contributed by atoms with van der Waals surface area (Å²) >= 11 is 7.63. The first-order valence-electron chi connectivity index (χ1n) is 5.88. The van der Waals surface area contributed by atoms with Crippen LogP contribution in [0.25, 0.3) is 0 Å². The maximum atomic E-state index is 6.22. The number of rotatable bonds is 5. The second-order valence-electron chi connectivity index (χ2n) is 4.00. The zero-order valence-corrected chi connectivity index (χ0v) is 12.8. The van der Waals surface area contributed by atoms with Gasteiger partial charge in [-0.3, -0.25) is 0 Å². The molecule has 3 N–H and O–H groups in total. The van der Waals surface area contributed by atoms with Crippen molar-refractivity contribution < 1.29 is 4.74 Å². The summed E-state index contributed by atoms with van der Waals surface area (Å²) in [6.45, 7) is 0. The Morgan fingerprint density at radius 2 is 2.00 bits per heavy atom. The number of ether oxygens (including phenoxy) is 1. The molecule has 0 saturated carbocycles. The van der Waals surface area contributed by atoms with Crippen LogP contribution in [0.5, 0.6) is 5.75 Å². The van der Waals surface area contributed by atoms with Crippen LogP contribution in [0, 0.1) is 0 Å². The number of hydrazine groups is 1. The Bertz CT molecular complexity index is 592. The maximum absolute atomic E-state index is 6.22. The number of hydrogen-bond acceptors (Lipinski definition) is 6. The molecule has 0 aliphatic heterocycles. The van der Waals surface area contributed by atoms with E-state index in [2.05, 4.69) is 15.4 Å². The summed E-state index contributed by atoms with van der Waals surface area (Å²) in [6, 6.07) is 7.74. The van der Waals surface area contributed by atoms with Crippen LogP contribution in [0.15, 0.2) is 29.4 Å². The zero-order chi connectivity index (χ0) is 14.5. The molecule has 2 aromatic rings. The van der Waals surface area contributed by atoms with Gasteiger partial charge >= 0.3 is 0 Å². The van der Waals surface area contributed by atoms with Crippen LogP contribution in [-0.2, 0) is 6.42 Å². The first kappa shape index (κ1) is 14.9. The van der Waals surface area contributed by atoms with Crippen LogP contribution in [0.2, 0.25) is 5.15 Å². The summed E-state index contributed by atoms with van der Waals surface area (Å²) in [6.07, 6.45) is 2.48. The monoisotopic (exact) mass is 310 g/mol. The maximum Gasteiger partial charge on any atom is 0.190 e. The van der Waals surface area contributed by atoms with Crippen LogP contribution in [0.3, 0.4) is 0 Å². The Balaban J connectivity index is 2.31. The number of aromatic nitrogens is 2. The van der Waals surface area contributed by atoms with Gasteiger partial charge in [-0.15, -0.1) is 0 Å². The Labute approximate surface area is 126 Å². The number of methoxy groups -OCH3 is 1. The molecule has 5 nitrogen and oxygen atoms in total. The Morgan fingerprint density at radius 1 is 1.30 bits per heavy atom. The fourth-order valence-corrected chi connectivity index (χ4v) is 2.40. The summed E-state index contributed by atoms with van der Waals surface area (Å²) < 4.78 is 5.13. The molecule has 2 rings (SSSR count). The average molecular weight is 311 g/mol. The molecule has 0 saturated heterocycles. The van der Waals surface area contributed by atoms with Gasteiger partial charge in [-0.25, -0.2) is 15.8 Å². The topological polar surface area (TPSA) is 73.1 Å². The molecule has 7 heteroatoms. The second kappa shape index (κ2) is 6.78. The minimum absolute atomic E-state index is 0.410. The van der Waals surface area contributed by atoms with Crippen molar-refractivity contribution in [3.05, 3.63) is 40.5 Å². The standard InChI is InChI=1S/C13H15ClN4OS/c1-19-9-5-3-8(4-6-9)7-10-11(14)16-13(20-2)17-12(10)18-15/h3-6H,7,15H2,1-2H3,(H,16,17,18). The van der Waals surface area contributed by atoms with Crippen molar-refractivity contribution in [2.24, 2.45) is 5.84 Å². The van der Waals surface area contributed by atoms with E-state index in [1.807, 2.05) is 30.5 Å². The van der Waals surface area contributed by atoms with E-state index in [4.69, 9.17) is 22.2 Å². The molecule has 1 aromatic heterocycles. The number of benzene rings is 1. The van der Waals surface area contributed by atoms with Crippen molar-refractivity contribution in [1.29, 1.82) is 0 Å². The van der Waals surface area contributed by atoms with Gasteiger partial charge in [0.05, 0.1) is 7.11 Å². The first-order valence-corrected chi connectivity index (χ1v) is 7.48. The molecule has 0 unspecified atom stereocenters. The lowest BCUT2D eigenvalue weighted by Crippen LogP contribution is -2.13. The summed E-state index contributed by atoms with van der Waals surface area (Å²) in [5.41, 5.74) is 4.43. The van der Waals surface area contributed by atoms with E-state index < -0.39 is 0 Å². The van der Waals surface area contributed by atoms with E-state index in [1.165, 1.54) is 11.8 Å². The summed E-state index contributed by atoms with van der Waals surface area (Å²) in [5.74, 6) is 6.87. The summed E-state index contributed by atoms with van der Waals surface area (Å²) in [7, 11) is 1.64. The van der Waals surface area contributed by atoms with Gasteiger partial charge in [0.25, 0.3) is 0 Å². The molecule has 0 aliphatic rings. The van der Waals surface area contributed by atoms with Gasteiger partial charge in [-0.1, -0.05) is 35.5 Å². The fraction of sp³-hybridized carbons (Fsp3) is 0.231. The molecule has 0 fully saturated rings. The predicted octanol–water partition coefficient (Wildman–Crippen LogP) is 2.74. The highest BCUT2D eigenvalue weighted by Crippen LogP contribution is 2.26. The van der Waals surface area contributed by atoms with E-state index in [9.17, 15) is 0 Å². The molecular formula is C13H15ClN4OS. The van der Waals surface area contributed by atoms with Gasteiger partial charge in [-0.2, -0.15) is 0 Å². The van der Waals surface area contributed by atoms with Gasteiger partial charge < -0.3 is 10.2 Å². The third-order valence-electron chi connectivity index (χ3n) is 2.80. The van der Waals surface area contributed by atoms with E-state index in [0.29, 0.717) is 22.5 Å². The first-order chi connectivity index (χ1) is 9.67. The normalized spacial score (nSPS) is 10.4. The minimum atomic E-state index is 0.410. The van der Waals surface area contributed by atoms with E-state index in [1.54, 1.807) is 7.11 Å². The molecular weight excluding hydrogens is 296 g/mol. The quantitative estimate of drug-likeness (QED) is 0.291. The van der Waals surface area contributed by atoms with Crippen molar-refractivity contribution in [2.75, 3.05) is 18.8 Å². The molecule has 0 atom stereocenters. The highest BCUT2D eigenvalue weighted by molar-refractivity contribution is 7.98. The summed E-state index contributed by atoms with van der Waals surface area (Å²) in [5, 5.41) is 0.995. The van der Waals surface area contributed by atoms with E-state index >= 15 is 0 Å². The van der Waals surface area contributed by atoms with Gasteiger partial charge in [0.15, 0.2) is 5.16 Å². The van der Waals surface area contributed by atoms with Crippen LogP contribution in [0.1, 0.15) is 11.1 Å². The van der Waals surface area contributed by atoms with Crippen molar-refractivity contribution >= 4 is 29.2 Å². The van der Waals surface area contributed by atoms with Crippen LogP contribution in [0.4, 0.5) is 5.82 Å². The number of nitrogens with one attached hydrogen (secondary N) is 1. The van der Waals surface area contributed by atoms with Crippen molar-refractivity contribution in [3.8, 4) is 5.75 Å². The third kappa shape index (κ3) is 3.33. The predicted molar refractivity (Wildman–Crippen MR) is 82.4 cm³/mol. The Morgan fingerprint density at radius 3 is 2.55 bits per heavy atom. The lowest BCUT2D eigenvalue weighted by Gasteiger charge is -2.11. The fourth-order valence-electron chi connectivity index (χ4n) is 1.75. The molecule has 0 bridgehead atoms. The number of thioether (sulfide) groups is 1. The lowest BCUT2D eigenvalue weighted by atomic mass is 10.1. The molecule has 0 amide bonds.